The van der Waals surface area contributed by atoms with Crippen LogP contribution in [0.1, 0.15) is 18.4 Å². The highest BCUT2D eigenvalue weighted by atomic mass is 79.9. The van der Waals surface area contributed by atoms with Crippen molar-refractivity contribution in [2.75, 3.05) is 18.4 Å². The van der Waals surface area contributed by atoms with Crippen molar-refractivity contribution in [1.29, 1.82) is 0 Å². The van der Waals surface area contributed by atoms with Gasteiger partial charge in [0.05, 0.1) is 11.4 Å². The molecule has 1 aliphatic heterocycles. The van der Waals surface area contributed by atoms with Crippen molar-refractivity contribution in [3.05, 3.63) is 63.1 Å². The van der Waals surface area contributed by atoms with E-state index in [2.05, 4.69) is 21.2 Å². The lowest BCUT2D eigenvalue weighted by Crippen LogP contribution is -2.42. The number of halogens is 4. The molecule has 0 aromatic heterocycles. The van der Waals surface area contributed by atoms with Crippen LogP contribution in [0.25, 0.3) is 0 Å². The van der Waals surface area contributed by atoms with E-state index in [0.717, 1.165) is 6.07 Å². The number of nitrogens with one attached hydrogen (secondary N) is 1. The monoisotopic (exact) mass is 506 g/mol. The molecular weight excluding hydrogens is 490 g/mol. The summed E-state index contributed by atoms with van der Waals surface area (Å²) in [6.07, 6.45) is 0.572. The number of amides is 1. The Morgan fingerprint density at radius 1 is 1.17 bits per heavy atom. The molecule has 0 aliphatic carbocycles. The van der Waals surface area contributed by atoms with Gasteiger partial charge in [0.2, 0.25) is 15.9 Å². The number of sulfonamides is 1. The summed E-state index contributed by atoms with van der Waals surface area (Å²) in [4.78, 5) is 12.4. The van der Waals surface area contributed by atoms with Crippen molar-refractivity contribution in [3.63, 3.8) is 0 Å². The molecule has 0 saturated carbocycles. The average molecular weight is 508 g/mol. The predicted molar refractivity (Wildman–Crippen MR) is 111 cm³/mol. The average Bonchev–Trinajstić information content (AvgIpc) is 2.67. The summed E-state index contributed by atoms with van der Waals surface area (Å²) in [6.45, 7) is 0.241. The Morgan fingerprint density at radius 2 is 1.86 bits per heavy atom. The van der Waals surface area contributed by atoms with Crippen molar-refractivity contribution in [3.8, 4) is 0 Å². The van der Waals surface area contributed by atoms with Crippen LogP contribution < -0.4 is 5.32 Å². The first-order chi connectivity index (χ1) is 13.7. The molecule has 1 saturated heterocycles. The van der Waals surface area contributed by atoms with Gasteiger partial charge in [-0.2, -0.15) is 0 Å². The minimum atomic E-state index is -3.79. The van der Waals surface area contributed by atoms with E-state index in [9.17, 15) is 22.0 Å². The van der Waals surface area contributed by atoms with Gasteiger partial charge in [-0.3, -0.25) is 4.79 Å². The number of hydrogen-bond donors (Lipinski definition) is 1. The second-order valence-corrected chi connectivity index (χ2v) is 10.0. The van der Waals surface area contributed by atoms with E-state index in [1.807, 2.05) is 0 Å². The molecule has 1 aliphatic rings. The molecule has 3 rings (SSSR count). The third-order valence-corrected chi connectivity index (χ3v) is 7.45. The fourth-order valence-corrected chi connectivity index (χ4v) is 5.42. The Hall–Kier alpha value is -1.55. The van der Waals surface area contributed by atoms with Crippen LogP contribution in [0, 0.1) is 17.6 Å². The van der Waals surface area contributed by atoms with Crippen LogP contribution in [-0.2, 0) is 20.6 Å². The maximum Gasteiger partial charge on any atom is 0.227 e. The maximum atomic E-state index is 13.9. The highest BCUT2D eigenvalue weighted by Crippen LogP contribution is 2.27. The number of nitrogens with zero attached hydrogens (tertiary/aromatic N) is 1. The summed E-state index contributed by atoms with van der Waals surface area (Å²) in [5.74, 6) is -2.58. The second kappa shape index (κ2) is 9.07. The van der Waals surface area contributed by atoms with E-state index in [-0.39, 0.29) is 48.1 Å². The lowest BCUT2D eigenvalue weighted by molar-refractivity contribution is -0.120. The van der Waals surface area contributed by atoms with Gasteiger partial charge in [0, 0.05) is 34.1 Å². The zero-order valence-corrected chi connectivity index (χ0v) is 18.3. The topological polar surface area (TPSA) is 66.5 Å². The molecule has 29 heavy (non-hydrogen) atoms. The van der Waals surface area contributed by atoms with E-state index in [0.29, 0.717) is 4.47 Å². The molecule has 0 radical (unpaired) electrons. The van der Waals surface area contributed by atoms with Crippen molar-refractivity contribution in [2.45, 2.75) is 18.6 Å². The summed E-state index contributed by atoms with van der Waals surface area (Å²) in [5.41, 5.74) is 0.00203. The number of anilines is 1. The molecule has 0 unspecified atom stereocenters. The third kappa shape index (κ3) is 5.33. The van der Waals surface area contributed by atoms with Crippen LogP contribution in [0.3, 0.4) is 0 Å². The van der Waals surface area contributed by atoms with Gasteiger partial charge in [0.25, 0.3) is 0 Å². The smallest absolute Gasteiger partial charge is 0.227 e. The van der Waals surface area contributed by atoms with E-state index < -0.39 is 33.3 Å². The SMILES string of the molecule is O=C(Nc1ccc(Br)cc1F)C1CCN(S(=O)(=O)Cc2c(F)cccc2Cl)CC1. The molecule has 156 valence electrons. The Morgan fingerprint density at radius 3 is 2.48 bits per heavy atom. The molecule has 2 aromatic rings. The highest BCUT2D eigenvalue weighted by Gasteiger charge is 2.32. The molecule has 5 nitrogen and oxygen atoms in total. The van der Waals surface area contributed by atoms with Gasteiger partial charge in [-0.15, -0.1) is 0 Å². The standard InChI is InChI=1S/C19H18BrClF2N2O3S/c20-13-4-5-18(17(23)10-13)24-19(26)12-6-8-25(9-7-12)29(27,28)11-14-15(21)2-1-3-16(14)22/h1-5,10,12H,6-9,11H2,(H,24,26). The number of carbonyl (C=O) groups is 1. The summed E-state index contributed by atoms with van der Waals surface area (Å²) >= 11 is 9.08. The zero-order valence-electron chi connectivity index (χ0n) is 15.2. The van der Waals surface area contributed by atoms with Crippen LogP contribution in [0.5, 0.6) is 0 Å². The van der Waals surface area contributed by atoms with E-state index >= 15 is 0 Å². The number of piperidine rings is 1. The zero-order chi connectivity index (χ0) is 21.2. The molecule has 1 heterocycles. The van der Waals surface area contributed by atoms with Crippen molar-refractivity contribution >= 4 is 49.1 Å². The van der Waals surface area contributed by atoms with Crippen LogP contribution >= 0.6 is 27.5 Å². The van der Waals surface area contributed by atoms with Crippen LogP contribution in [0.4, 0.5) is 14.5 Å². The van der Waals surface area contributed by atoms with Gasteiger partial charge in [0.15, 0.2) is 0 Å². The quantitative estimate of drug-likeness (QED) is 0.645. The van der Waals surface area contributed by atoms with Crippen LogP contribution in [0.2, 0.25) is 5.02 Å². The molecule has 1 fully saturated rings. The molecule has 1 N–H and O–H groups in total. The fourth-order valence-electron chi connectivity index (χ4n) is 3.17. The van der Waals surface area contributed by atoms with E-state index in [1.54, 1.807) is 6.07 Å². The molecule has 0 spiro atoms. The first kappa shape index (κ1) is 22.1. The summed E-state index contributed by atoms with van der Waals surface area (Å²) in [5, 5.41) is 2.60. The first-order valence-electron chi connectivity index (χ1n) is 8.84. The lowest BCUT2D eigenvalue weighted by atomic mass is 9.97. The van der Waals surface area contributed by atoms with Crippen molar-refractivity contribution in [1.82, 2.24) is 4.31 Å². The van der Waals surface area contributed by atoms with Gasteiger partial charge in [-0.25, -0.2) is 21.5 Å². The molecule has 0 bridgehead atoms. The Balaban J connectivity index is 1.61. The molecule has 1 amide bonds. The highest BCUT2D eigenvalue weighted by molar-refractivity contribution is 9.10. The third-order valence-electron chi connectivity index (χ3n) is 4.80. The minimum absolute atomic E-state index is 0.0550. The Bertz CT molecular complexity index is 1010. The molecule has 2 aromatic carbocycles. The largest absolute Gasteiger partial charge is 0.323 e. The van der Waals surface area contributed by atoms with Gasteiger partial charge in [0.1, 0.15) is 11.6 Å². The maximum absolute atomic E-state index is 13.9. The second-order valence-electron chi connectivity index (χ2n) is 6.74. The van der Waals surface area contributed by atoms with Gasteiger partial charge >= 0.3 is 0 Å². The van der Waals surface area contributed by atoms with Crippen molar-refractivity contribution in [2.24, 2.45) is 5.92 Å². The number of benzene rings is 2. The first-order valence-corrected chi connectivity index (χ1v) is 11.6. The van der Waals surface area contributed by atoms with Crippen LogP contribution in [0.15, 0.2) is 40.9 Å². The summed E-state index contributed by atoms with van der Waals surface area (Å²) in [7, 11) is -3.79. The normalized spacial score (nSPS) is 16.0. The number of hydrogen-bond acceptors (Lipinski definition) is 3. The van der Waals surface area contributed by atoms with Gasteiger partial charge < -0.3 is 5.32 Å². The van der Waals surface area contributed by atoms with Gasteiger partial charge in [-0.05, 0) is 43.2 Å². The number of carbonyl (C=O) groups excluding carboxylic acids is 1. The fraction of sp³-hybridized carbons (Fsp3) is 0.316. The number of rotatable bonds is 5. The summed E-state index contributed by atoms with van der Waals surface area (Å²) in [6, 6.07) is 8.32. The summed E-state index contributed by atoms with van der Waals surface area (Å²) < 4.78 is 54.9. The molecular formula is C19H18BrClF2N2O3S. The van der Waals surface area contributed by atoms with Crippen LogP contribution in [-0.4, -0.2) is 31.7 Å². The van der Waals surface area contributed by atoms with Crippen molar-refractivity contribution < 1.29 is 22.0 Å². The molecule has 10 heteroatoms. The minimum Gasteiger partial charge on any atom is -0.323 e. The van der Waals surface area contributed by atoms with E-state index in [4.69, 9.17) is 11.6 Å². The Labute approximate surface area is 181 Å². The predicted octanol–water partition coefficient (Wildman–Crippen LogP) is 4.56. The lowest BCUT2D eigenvalue weighted by Gasteiger charge is -2.30. The van der Waals surface area contributed by atoms with Gasteiger partial charge in [-0.1, -0.05) is 33.6 Å². The molecule has 0 atom stereocenters. The Kier molecular flexibility index (Phi) is 6.93. The van der Waals surface area contributed by atoms with E-state index in [1.165, 1.54) is 28.6 Å².